The van der Waals surface area contributed by atoms with Gasteiger partial charge in [-0.2, -0.15) is 9.29 Å². The molecule has 6 aliphatic rings. The molecule has 6 fully saturated rings. The van der Waals surface area contributed by atoms with E-state index in [1.54, 1.807) is 180 Å². The molecule has 812 valence electrons. The molecule has 5 aromatic heterocycles. The van der Waals surface area contributed by atoms with E-state index in [9.17, 15) is 106 Å². The number of aliphatic hydroxyl groups is 2. The minimum atomic E-state index is -4.93. The molecule has 0 aromatic carbocycles. The number of carbonyl (C=O) groups excluding carboxylic acids is 10. The normalized spacial score (nSPS) is 19.6. The summed E-state index contributed by atoms with van der Waals surface area (Å²) in [7, 11) is 3.56. The Morgan fingerprint density at radius 1 is 0.490 bits per heavy atom. The Labute approximate surface area is 888 Å². The van der Waals surface area contributed by atoms with Crippen LogP contribution in [0.25, 0.3) is 11.5 Å². The number of ether oxygens (including phenoxy) is 9. The molecular formula is C93H127F9KN15O28S. The average Bonchev–Trinajstić information content (AvgIpc) is 1.63. The number of esters is 3. The number of carboxylic acids is 2. The van der Waals surface area contributed by atoms with E-state index in [4.69, 9.17) is 54.1 Å². The van der Waals surface area contributed by atoms with Gasteiger partial charge in [0.25, 0.3) is 29.1 Å². The molecule has 6 amide bonds. The maximum absolute atomic E-state index is 14.1. The fourth-order valence-corrected chi connectivity index (χ4v) is 13.6. The zero-order valence-corrected chi connectivity index (χ0v) is 89.9. The number of halogens is 9. The number of Topliss-reactive ketones (excluding diaryl/α,β-unsaturated/α-hetero) is 1. The summed E-state index contributed by atoms with van der Waals surface area (Å²) in [6.07, 6.45) is -1.89. The number of amidine groups is 1. The number of nitrogens with zero attached hydrogens (tertiary/aromatic N) is 14. The third-order valence-corrected chi connectivity index (χ3v) is 20.2. The van der Waals surface area contributed by atoms with Crippen LogP contribution in [-0.4, -0.2) is 340 Å². The molecule has 8 atom stereocenters. The number of aliphatic carboxylic acids is 2. The standard InChI is InChI=1S/C23H21F2N5O3.C13H10N4O.C11H17F2NO4.C11H19NO5.C11H17NO5.C10H15F2NO4.C10H17NO5.C4H10F3NS.K.H2O/c1-22(2,3)32-21(31)30-14-23(24,25)12-18(30)20-28-19(29-33-20)17-10-8-15(13-27-17)7-9-16-6-4-5-11-26-16;14-13(17-18)12-7-5-10(9-16-12)4-6-11-3-1-2-8-15-11;1-10(2,3)18-9(16)14-6-11(12,13)5-7(14)8(15)17-4;2*1-11(2,3)17-10(15)12-6-7(13)5-8(12)9(14)16-4;1-9(2,3)17-8(16)13-5-10(11,12)4-6(13)7(14)15;1-10(2,3)16-9(15)11-5-6(12)4-7(11)8(13)14;1-3-8(4-2)9(5,6)7;;/h4-6,8,10-11,13,18H,12,14H2,1-3H3;1-3,5,7-9,18H,(H2,14,17);7H,5-6H2,1-4H3;7-8,13H,5-6H2,1-4H3;8H,5-6H2,1-4H3;6H,4-5H2,1-3H3,(H,14,15);6-7,12H,4-5H2,1-3H3,(H,13,14);3-4H2,1-2H3;;1H2/q;;;;;;;;+1;/p-1/t18-;;7-;7-,8-;8-;6-;6-,7-;;;/m1.11111.../s1. The smallest absolute Gasteiger partial charge is 0.870 e. The maximum atomic E-state index is 14.1. The molecule has 11 rings (SSSR count). The predicted octanol–water partition coefficient (Wildman–Crippen LogP) is 9.97. The van der Waals surface area contributed by atoms with Gasteiger partial charge in [-0.3, -0.25) is 44.2 Å². The van der Waals surface area contributed by atoms with Gasteiger partial charge in [0.05, 0.1) is 72.8 Å². The van der Waals surface area contributed by atoms with E-state index in [1.807, 2.05) is 24.3 Å². The Morgan fingerprint density at radius 2 is 0.850 bits per heavy atom. The first-order chi connectivity index (χ1) is 66.7. The zero-order valence-electron chi connectivity index (χ0n) is 85.9. The van der Waals surface area contributed by atoms with E-state index in [1.165, 1.54) is 39.2 Å². The molecule has 0 spiro atoms. The summed E-state index contributed by atoms with van der Waals surface area (Å²) in [5, 5.41) is 51.7. The number of amides is 6. The Morgan fingerprint density at radius 3 is 1.21 bits per heavy atom. The van der Waals surface area contributed by atoms with Crippen molar-refractivity contribution < 1.29 is 225 Å². The summed E-state index contributed by atoms with van der Waals surface area (Å²) >= 11 is -4.93. The minimum absolute atomic E-state index is 0. The number of ketones is 1. The first kappa shape index (κ1) is 131. The number of aromatic nitrogens is 6. The van der Waals surface area contributed by atoms with Crippen LogP contribution in [0, 0.1) is 23.7 Å². The van der Waals surface area contributed by atoms with E-state index in [-0.39, 0.29) is 132 Å². The number of β-amino-alcohol motifs (C(OH)–C–C–N with tert-alkyl or cyclic N) is 2. The third kappa shape index (κ3) is 46.1. The van der Waals surface area contributed by atoms with Crippen LogP contribution >= 0.6 is 11.4 Å². The number of rotatable bonds is 11. The molecule has 8 N–H and O–H groups in total. The molecule has 6 aliphatic heterocycles. The summed E-state index contributed by atoms with van der Waals surface area (Å²) < 4.78 is 166. The fraction of sp³-hybridized carbons (Fsp3) is 0.581. The predicted molar refractivity (Wildman–Crippen MR) is 501 cm³/mol. The molecule has 147 heavy (non-hydrogen) atoms. The molecule has 0 saturated carbocycles. The van der Waals surface area contributed by atoms with E-state index in [2.05, 4.69) is 73.1 Å². The van der Waals surface area contributed by atoms with Crippen molar-refractivity contribution in [1.82, 2.24) is 63.8 Å². The molecule has 6 saturated heterocycles. The van der Waals surface area contributed by atoms with Crippen LogP contribution in [0.1, 0.15) is 217 Å². The quantitative estimate of drug-likeness (QED) is 0.00823. The van der Waals surface area contributed by atoms with Gasteiger partial charge in [0.1, 0.15) is 92.6 Å². The van der Waals surface area contributed by atoms with E-state index in [0.717, 1.165) is 32.3 Å². The summed E-state index contributed by atoms with van der Waals surface area (Å²) in [6, 6.07) is 11.2. The molecule has 43 nitrogen and oxygen atoms in total. The zero-order chi connectivity index (χ0) is 110. The van der Waals surface area contributed by atoms with E-state index in [0.29, 0.717) is 37.5 Å². The van der Waals surface area contributed by atoms with Gasteiger partial charge in [-0.15, -0.1) is 11.7 Å². The number of oxime groups is 1. The number of carboxylic acid groups (broad SMARTS) is 2. The average molecular weight is 2150 g/mol. The molecule has 0 radical (unpaired) electrons. The van der Waals surface area contributed by atoms with Crippen molar-refractivity contribution in [2.45, 2.75) is 277 Å². The van der Waals surface area contributed by atoms with Gasteiger partial charge >= 0.3 is 118 Å². The second-order valence-electron chi connectivity index (χ2n) is 38.5. The molecular weight excluding hydrogens is 2020 g/mol. The number of alkyl halides is 6. The number of likely N-dealkylation sites (tertiary alicyclic amines) is 6. The largest absolute Gasteiger partial charge is 1.00 e. The van der Waals surface area contributed by atoms with Gasteiger partial charge in [-0.1, -0.05) is 48.1 Å². The molecule has 0 aliphatic carbocycles. The fourth-order valence-electron chi connectivity index (χ4n) is 13.0. The third-order valence-electron chi connectivity index (χ3n) is 19.1. The van der Waals surface area contributed by atoms with Crippen molar-refractivity contribution >= 4 is 89.4 Å². The molecule has 5 aromatic rings. The van der Waals surface area contributed by atoms with Crippen molar-refractivity contribution in [2.75, 3.05) is 73.7 Å². The van der Waals surface area contributed by atoms with Crippen LogP contribution in [-0.2, 0) is 71.4 Å². The van der Waals surface area contributed by atoms with Crippen molar-refractivity contribution in [3.63, 3.8) is 0 Å². The van der Waals surface area contributed by atoms with Crippen LogP contribution in [0.15, 0.2) is 95.1 Å². The van der Waals surface area contributed by atoms with Crippen LogP contribution in [0.4, 0.5) is 66.8 Å². The number of carbonyl (C=O) groups is 12. The van der Waals surface area contributed by atoms with Crippen LogP contribution in [0.5, 0.6) is 0 Å². The van der Waals surface area contributed by atoms with Gasteiger partial charge in [0.2, 0.25) is 11.7 Å². The van der Waals surface area contributed by atoms with Gasteiger partial charge in [-0.25, -0.2) is 89.1 Å². The van der Waals surface area contributed by atoms with Crippen molar-refractivity contribution in [1.29, 1.82) is 0 Å². The minimum Gasteiger partial charge on any atom is -0.870 e. The second kappa shape index (κ2) is 56.4. The number of hydrogen-bond acceptors (Lipinski definition) is 34. The summed E-state index contributed by atoms with van der Waals surface area (Å²) in [4.78, 5) is 165. The summed E-state index contributed by atoms with van der Waals surface area (Å²) in [5.74, 6) is -2.41. The summed E-state index contributed by atoms with van der Waals surface area (Å²) in [5.41, 5.74) is 4.43. The molecule has 0 bridgehead atoms. The van der Waals surface area contributed by atoms with Crippen LogP contribution in [0.3, 0.4) is 0 Å². The van der Waals surface area contributed by atoms with Gasteiger partial charge in [0, 0.05) is 87.5 Å². The van der Waals surface area contributed by atoms with Gasteiger partial charge in [0.15, 0.2) is 11.6 Å². The Bertz CT molecular complexity index is 5370. The van der Waals surface area contributed by atoms with Crippen LogP contribution < -0.4 is 57.1 Å². The van der Waals surface area contributed by atoms with Crippen molar-refractivity contribution in [2.24, 2.45) is 10.9 Å². The Kier molecular flexibility index (Phi) is 50.3. The maximum Gasteiger partial charge on any atom is 1.00 e. The number of aliphatic hydroxyl groups excluding tert-OH is 2. The Hall–Kier alpha value is -12.0. The number of hydrogen-bond donors (Lipinski definition) is 6. The number of pyridine rings is 4. The second-order valence-corrected chi connectivity index (χ2v) is 39.8. The Balaban J connectivity index is 0.000000580. The molecule has 11 heterocycles. The SMILES string of the molecule is CC(C)(C)OC(=O)N1CC(F)(F)C[C@@H]1C(=O)O.CC(C)(C)OC(=O)N1CC(F)(F)C[C@@H]1c1nc(-c2ccc(C#Cc3ccccn3)cn2)no1.CC(C)(C)OC(=O)N1C[C@H](O)C[C@@H]1C(=O)O.CCN(CC)S(F)(F)F.COC(=O)[C@H]1CC(=O)CN1C(=O)OC(C)(C)C.COC(=O)[C@H]1CC(F)(F)CN1C(=O)OC(C)(C)C.COC(=O)[C@H]1C[C@@H](O)CN1C(=O)OC(C)(C)C.N/C(=N\O)c1ccc(C#Cc2ccccn2)cn1.[K+].[OH-]. The number of nitrogens with two attached hydrogens (primary N) is 1. The van der Waals surface area contributed by atoms with Gasteiger partial charge in [-0.05, 0) is 185 Å². The first-order valence-corrected chi connectivity index (χ1v) is 45.9. The molecule has 0 unspecified atom stereocenters. The van der Waals surface area contributed by atoms with Crippen LogP contribution in [0.2, 0.25) is 0 Å². The van der Waals surface area contributed by atoms with Crippen molar-refractivity contribution in [3.8, 4) is 35.2 Å². The molecule has 54 heteroatoms. The van der Waals surface area contributed by atoms with Crippen molar-refractivity contribution in [3.05, 3.63) is 120 Å². The van der Waals surface area contributed by atoms with E-state index < -0.39 is 217 Å². The number of methoxy groups -OCH3 is 3. The first-order valence-electron chi connectivity index (χ1n) is 44.6. The van der Waals surface area contributed by atoms with E-state index >= 15 is 0 Å². The monoisotopic (exact) mass is 2140 g/mol. The van der Waals surface area contributed by atoms with Gasteiger partial charge < -0.3 is 84.0 Å². The topological polar surface area (TPSA) is 571 Å². The summed E-state index contributed by atoms with van der Waals surface area (Å²) in [6.45, 7) is 30.7.